The summed E-state index contributed by atoms with van der Waals surface area (Å²) in [6.45, 7) is 2.30. The molecule has 3 nitrogen and oxygen atoms in total. The Morgan fingerprint density at radius 3 is 2.85 bits per heavy atom. The summed E-state index contributed by atoms with van der Waals surface area (Å²) in [7, 11) is 0. The van der Waals surface area contributed by atoms with E-state index < -0.39 is 0 Å². The first kappa shape index (κ1) is 9.69. The lowest BCUT2D eigenvalue weighted by atomic mass is 10.2. The highest BCUT2D eigenvalue weighted by molar-refractivity contribution is 6.32. The van der Waals surface area contributed by atoms with Gasteiger partial charge in [-0.3, -0.25) is 0 Å². The van der Waals surface area contributed by atoms with Crippen LogP contribution in [0.25, 0.3) is 0 Å². The monoisotopic (exact) mass is 196 g/mol. The fraction of sp³-hybridized carbons (Fsp3) is 0.222. The van der Waals surface area contributed by atoms with Gasteiger partial charge in [-0.15, -0.1) is 0 Å². The summed E-state index contributed by atoms with van der Waals surface area (Å²) in [6, 6.07) is 5.13. The topological polar surface area (TPSA) is 59.0 Å². The van der Waals surface area contributed by atoms with Crippen LogP contribution in [0.15, 0.2) is 12.1 Å². The predicted octanol–water partition coefficient (Wildman–Crippen LogP) is 2.19. The van der Waals surface area contributed by atoms with Crippen LogP contribution in [0.5, 0.6) is 5.75 Å². The largest absolute Gasteiger partial charge is 0.490 e. The van der Waals surface area contributed by atoms with Crippen molar-refractivity contribution in [3.63, 3.8) is 0 Å². The predicted molar refractivity (Wildman–Crippen MR) is 51.7 cm³/mol. The van der Waals surface area contributed by atoms with Crippen molar-refractivity contribution in [2.75, 3.05) is 12.3 Å². The third-order valence-corrected chi connectivity index (χ3v) is 1.85. The third kappa shape index (κ3) is 1.85. The zero-order valence-electron chi connectivity index (χ0n) is 7.17. The fourth-order valence-electron chi connectivity index (χ4n) is 0.961. The van der Waals surface area contributed by atoms with Crippen molar-refractivity contribution in [3.05, 3.63) is 22.7 Å². The molecule has 0 heterocycles. The van der Waals surface area contributed by atoms with Gasteiger partial charge in [0.2, 0.25) is 0 Å². The maximum absolute atomic E-state index is 8.67. The molecule has 0 aliphatic rings. The van der Waals surface area contributed by atoms with Crippen LogP contribution >= 0.6 is 11.6 Å². The van der Waals surface area contributed by atoms with Gasteiger partial charge in [0.25, 0.3) is 0 Å². The van der Waals surface area contributed by atoms with E-state index in [9.17, 15) is 0 Å². The molecule has 0 bridgehead atoms. The number of nitrogens with zero attached hydrogens (tertiary/aromatic N) is 1. The maximum Gasteiger partial charge on any atom is 0.162 e. The van der Waals surface area contributed by atoms with Gasteiger partial charge in [0.1, 0.15) is 6.07 Å². The van der Waals surface area contributed by atoms with Crippen LogP contribution in [0.1, 0.15) is 12.5 Å². The Bertz CT molecular complexity index is 357. The smallest absolute Gasteiger partial charge is 0.162 e. The second-order valence-corrected chi connectivity index (χ2v) is 2.79. The van der Waals surface area contributed by atoms with E-state index in [1.54, 1.807) is 12.1 Å². The summed E-state index contributed by atoms with van der Waals surface area (Å²) >= 11 is 5.82. The Morgan fingerprint density at radius 2 is 2.31 bits per heavy atom. The minimum atomic E-state index is 0.303. The SMILES string of the molecule is CCOc1c(Cl)ccc(C#N)c1N. The molecule has 0 radical (unpaired) electrons. The van der Waals surface area contributed by atoms with Crippen LogP contribution in [0, 0.1) is 11.3 Å². The Balaban J connectivity index is 3.23. The van der Waals surface area contributed by atoms with E-state index in [0.29, 0.717) is 28.6 Å². The molecular weight excluding hydrogens is 188 g/mol. The van der Waals surface area contributed by atoms with Crippen molar-refractivity contribution >= 4 is 17.3 Å². The normalized spacial score (nSPS) is 9.31. The number of halogens is 1. The summed E-state index contributed by atoms with van der Waals surface area (Å²) in [5.41, 5.74) is 6.33. The van der Waals surface area contributed by atoms with Crippen LogP contribution in [-0.4, -0.2) is 6.61 Å². The van der Waals surface area contributed by atoms with E-state index in [2.05, 4.69) is 0 Å². The number of nitrogen functional groups attached to an aromatic ring is 1. The van der Waals surface area contributed by atoms with Gasteiger partial charge in [0, 0.05) is 0 Å². The second-order valence-electron chi connectivity index (χ2n) is 2.38. The summed E-state index contributed by atoms with van der Waals surface area (Å²) in [5.74, 6) is 0.392. The minimum Gasteiger partial charge on any atom is -0.490 e. The highest BCUT2D eigenvalue weighted by Gasteiger charge is 2.09. The maximum atomic E-state index is 8.67. The lowest BCUT2D eigenvalue weighted by Crippen LogP contribution is -1.99. The molecule has 4 heteroatoms. The van der Waals surface area contributed by atoms with Crippen molar-refractivity contribution < 1.29 is 4.74 Å². The molecule has 0 spiro atoms. The summed E-state index contributed by atoms with van der Waals surface area (Å²) in [6.07, 6.45) is 0. The number of nitriles is 1. The molecule has 2 N–H and O–H groups in total. The fourth-order valence-corrected chi connectivity index (χ4v) is 1.18. The van der Waals surface area contributed by atoms with Crippen LogP contribution in [0.3, 0.4) is 0 Å². The number of anilines is 1. The van der Waals surface area contributed by atoms with E-state index in [-0.39, 0.29) is 0 Å². The molecule has 0 saturated heterocycles. The Labute approximate surface area is 81.7 Å². The molecule has 1 rings (SSSR count). The number of rotatable bonds is 2. The quantitative estimate of drug-likeness (QED) is 0.738. The average Bonchev–Trinajstić information content (AvgIpc) is 2.12. The van der Waals surface area contributed by atoms with Crippen LogP contribution in [0.2, 0.25) is 5.02 Å². The lowest BCUT2D eigenvalue weighted by Gasteiger charge is -2.09. The number of ether oxygens (including phenoxy) is 1. The molecule has 13 heavy (non-hydrogen) atoms. The molecule has 0 aromatic heterocycles. The molecule has 1 aromatic rings. The summed E-state index contributed by atoms with van der Waals surface area (Å²) < 4.78 is 5.20. The van der Waals surface area contributed by atoms with Gasteiger partial charge in [0.15, 0.2) is 5.75 Å². The van der Waals surface area contributed by atoms with E-state index in [0.717, 1.165) is 0 Å². The molecule has 0 atom stereocenters. The van der Waals surface area contributed by atoms with Gasteiger partial charge in [-0.25, -0.2) is 0 Å². The van der Waals surface area contributed by atoms with Gasteiger partial charge in [0.05, 0.1) is 22.9 Å². The van der Waals surface area contributed by atoms with Crippen molar-refractivity contribution in [1.82, 2.24) is 0 Å². The van der Waals surface area contributed by atoms with Gasteiger partial charge >= 0.3 is 0 Å². The average molecular weight is 197 g/mol. The first-order chi connectivity index (χ1) is 6.20. The number of hydrogen-bond donors (Lipinski definition) is 1. The molecule has 1 aromatic carbocycles. The van der Waals surface area contributed by atoms with Gasteiger partial charge < -0.3 is 10.5 Å². The number of hydrogen-bond acceptors (Lipinski definition) is 3. The molecule has 0 amide bonds. The number of benzene rings is 1. The van der Waals surface area contributed by atoms with Gasteiger partial charge in [-0.05, 0) is 19.1 Å². The van der Waals surface area contributed by atoms with Crippen molar-refractivity contribution in [2.45, 2.75) is 6.92 Å². The highest BCUT2D eigenvalue weighted by atomic mass is 35.5. The van der Waals surface area contributed by atoms with E-state index >= 15 is 0 Å². The molecule has 0 aliphatic heterocycles. The van der Waals surface area contributed by atoms with E-state index in [1.165, 1.54) is 0 Å². The Hall–Kier alpha value is -1.40. The second kappa shape index (κ2) is 4.01. The first-order valence-corrected chi connectivity index (χ1v) is 4.19. The number of nitrogens with two attached hydrogens (primary N) is 1. The first-order valence-electron chi connectivity index (χ1n) is 3.81. The van der Waals surface area contributed by atoms with Crippen LogP contribution in [-0.2, 0) is 0 Å². The molecular formula is C9H9ClN2O. The van der Waals surface area contributed by atoms with E-state index in [1.807, 2.05) is 13.0 Å². The summed E-state index contributed by atoms with van der Waals surface area (Å²) in [5, 5.41) is 9.10. The zero-order chi connectivity index (χ0) is 9.84. The van der Waals surface area contributed by atoms with E-state index in [4.69, 9.17) is 27.3 Å². The van der Waals surface area contributed by atoms with Gasteiger partial charge in [-0.2, -0.15) is 5.26 Å². The van der Waals surface area contributed by atoms with Crippen LogP contribution < -0.4 is 10.5 Å². The van der Waals surface area contributed by atoms with Crippen LogP contribution in [0.4, 0.5) is 5.69 Å². The van der Waals surface area contributed by atoms with Crippen molar-refractivity contribution in [3.8, 4) is 11.8 Å². The van der Waals surface area contributed by atoms with Crippen molar-refractivity contribution in [1.29, 1.82) is 5.26 Å². The van der Waals surface area contributed by atoms with Crippen molar-refractivity contribution in [2.24, 2.45) is 0 Å². The minimum absolute atomic E-state index is 0.303. The molecule has 0 unspecified atom stereocenters. The standard InChI is InChI=1S/C9H9ClN2O/c1-2-13-9-7(10)4-3-6(5-11)8(9)12/h3-4H,2,12H2,1H3. The zero-order valence-corrected chi connectivity index (χ0v) is 7.93. The third-order valence-electron chi connectivity index (χ3n) is 1.56. The Kier molecular flexibility index (Phi) is 2.99. The lowest BCUT2D eigenvalue weighted by molar-refractivity contribution is 0.342. The molecule has 0 aliphatic carbocycles. The van der Waals surface area contributed by atoms with Gasteiger partial charge in [-0.1, -0.05) is 11.6 Å². The summed E-state index contributed by atoms with van der Waals surface area (Å²) in [4.78, 5) is 0. The Morgan fingerprint density at radius 1 is 1.62 bits per heavy atom. The molecule has 68 valence electrons. The molecule has 0 saturated carbocycles. The molecule has 0 fully saturated rings. The highest BCUT2D eigenvalue weighted by Crippen LogP contribution is 2.33.